The van der Waals surface area contributed by atoms with Gasteiger partial charge >= 0.3 is 13.1 Å². The molecule has 6 rings (SSSR count). The zero-order valence-corrected chi connectivity index (χ0v) is 26.9. The number of hydrogen-bond donors (Lipinski definition) is 1. The van der Waals surface area contributed by atoms with E-state index in [0.29, 0.717) is 42.5 Å². The molecule has 2 bridgehead atoms. The Labute approximate surface area is 257 Å². The van der Waals surface area contributed by atoms with E-state index in [1.807, 2.05) is 32.9 Å². The van der Waals surface area contributed by atoms with Crippen LogP contribution in [0.15, 0.2) is 18.2 Å². The molecule has 43 heavy (non-hydrogen) atoms. The number of carbonyl (C=O) groups is 2. The standard InChI is InChI=1S/C33H48BN3O6/c1-31(2,3)41-30(39)24-10-8-9-22(29(24)40-7)18-27(36-28(38)17-21-11-14-37(15-12-21)16-13-35)34-42-26-20-23-19-25(32(23,4)5)33(26,6)43-34/h8-10,21,23,25-27H,11-12,14-20H2,1-7H3,(H,36,38). The summed E-state index contributed by atoms with van der Waals surface area (Å²) in [5, 5.41) is 12.3. The second-order valence-electron chi connectivity index (χ2n) is 14.8. The third-order valence-electron chi connectivity index (χ3n) is 10.5. The molecule has 2 saturated heterocycles. The van der Waals surface area contributed by atoms with Crippen LogP contribution >= 0.6 is 0 Å². The van der Waals surface area contributed by atoms with Crippen LogP contribution in [0.3, 0.4) is 0 Å². The highest BCUT2D eigenvalue weighted by Crippen LogP contribution is 2.65. The van der Waals surface area contributed by atoms with E-state index < -0.39 is 30.2 Å². The number of likely N-dealkylation sites (tertiary alicyclic amines) is 1. The maximum Gasteiger partial charge on any atom is 0.482 e. The first-order valence-corrected chi connectivity index (χ1v) is 15.9. The largest absolute Gasteiger partial charge is 0.496 e. The first-order chi connectivity index (χ1) is 20.2. The Kier molecular flexibility index (Phi) is 8.92. The van der Waals surface area contributed by atoms with Crippen molar-refractivity contribution >= 4 is 19.0 Å². The highest BCUT2D eigenvalue weighted by molar-refractivity contribution is 6.48. The van der Waals surface area contributed by atoms with Crippen molar-refractivity contribution in [3.63, 3.8) is 0 Å². The molecule has 5 fully saturated rings. The highest BCUT2D eigenvalue weighted by atomic mass is 16.7. The lowest BCUT2D eigenvalue weighted by atomic mass is 9.43. The minimum absolute atomic E-state index is 0.0202. The van der Waals surface area contributed by atoms with E-state index in [1.165, 1.54) is 0 Å². The molecule has 0 spiro atoms. The van der Waals surface area contributed by atoms with E-state index in [-0.39, 0.29) is 23.3 Å². The summed E-state index contributed by atoms with van der Waals surface area (Å²) in [5.41, 5.74) is 0.263. The Hall–Kier alpha value is -2.61. The Bertz CT molecular complexity index is 1250. The summed E-state index contributed by atoms with van der Waals surface area (Å²) in [6.07, 6.45) is 4.64. The smallest absolute Gasteiger partial charge is 0.482 e. The monoisotopic (exact) mass is 593 g/mol. The molecule has 3 saturated carbocycles. The van der Waals surface area contributed by atoms with Crippen molar-refractivity contribution in [2.45, 2.75) is 103 Å². The van der Waals surface area contributed by atoms with Crippen molar-refractivity contribution in [1.29, 1.82) is 5.26 Å². The third kappa shape index (κ3) is 6.45. The second kappa shape index (κ2) is 12.1. The van der Waals surface area contributed by atoms with Gasteiger partial charge < -0.3 is 24.1 Å². The van der Waals surface area contributed by atoms with E-state index in [9.17, 15) is 9.59 Å². The van der Waals surface area contributed by atoms with Gasteiger partial charge in [0, 0.05) is 6.42 Å². The number of nitrogens with zero attached hydrogens (tertiary/aromatic N) is 2. The Morgan fingerprint density at radius 1 is 1.21 bits per heavy atom. The zero-order chi connectivity index (χ0) is 31.2. The van der Waals surface area contributed by atoms with E-state index in [0.717, 1.165) is 44.3 Å². The predicted octanol–water partition coefficient (Wildman–Crippen LogP) is 4.57. The van der Waals surface area contributed by atoms with Gasteiger partial charge in [-0.15, -0.1) is 0 Å². The average Bonchev–Trinajstić information content (AvgIpc) is 3.30. The number of nitrogens with one attached hydrogen (secondary N) is 1. The number of amides is 1. The Morgan fingerprint density at radius 2 is 1.93 bits per heavy atom. The fourth-order valence-corrected chi connectivity index (χ4v) is 7.98. The van der Waals surface area contributed by atoms with E-state index in [4.69, 9.17) is 24.0 Å². The van der Waals surface area contributed by atoms with Crippen molar-refractivity contribution < 1.29 is 28.4 Å². The summed E-state index contributed by atoms with van der Waals surface area (Å²) in [6, 6.07) is 7.66. The van der Waals surface area contributed by atoms with Gasteiger partial charge in [0.25, 0.3) is 0 Å². The maximum absolute atomic E-state index is 13.5. The molecule has 5 unspecified atom stereocenters. The lowest BCUT2D eigenvalue weighted by molar-refractivity contribution is -0.199. The highest BCUT2D eigenvalue weighted by Gasteiger charge is 2.68. The molecule has 10 heteroatoms. The van der Waals surface area contributed by atoms with Crippen LogP contribution in [0.25, 0.3) is 0 Å². The normalized spacial score (nSPS) is 29.2. The van der Waals surface area contributed by atoms with Crippen LogP contribution in [0, 0.1) is 34.5 Å². The predicted molar refractivity (Wildman–Crippen MR) is 163 cm³/mol. The first kappa shape index (κ1) is 31.8. The molecule has 2 heterocycles. The number of hydrogen-bond acceptors (Lipinski definition) is 8. The van der Waals surface area contributed by atoms with Crippen LogP contribution < -0.4 is 10.1 Å². The zero-order valence-electron chi connectivity index (χ0n) is 26.9. The summed E-state index contributed by atoms with van der Waals surface area (Å²) in [4.78, 5) is 28.7. The van der Waals surface area contributed by atoms with Gasteiger partial charge in [-0.25, -0.2) is 4.79 Å². The topological polar surface area (TPSA) is 110 Å². The van der Waals surface area contributed by atoms with Crippen molar-refractivity contribution in [3.05, 3.63) is 29.3 Å². The van der Waals surface area contributed by atoms with Gasteiger partial charge in [-0.05, 0) is 108 Å². The van der Waals surface area contributed by atoms with Crippen LogP contribution in [0.2, 0.25) is 0 Å². The number of esters is 1. The van der Waals surface area contributed by atoms with Gasteiger partial charge in [-0.2, -0.15) is 5.26 Å². The Balaban J connectivity index is 1.36. The van der Waals surface area contributed by atoms with Crippen LogP contribution in [0.4, 0.5) is 0 Å². The number of para-hydroxylation sites is 1. The number of nitriles is 1. The molecular formula is C33H48BN3O6. The summed E-state index contributed by atoms with van der Waals surface area (Å²) in [7, 11) is 0.924. The van der Waals surface area contributed by atoms with E-state index in [1.54, 1.807) is 13.2 Å². The Morgan fingerprint density at radius 3 is 2.56 bits per heavy atom. The fourth-order valence-electron chi connectivity index (χ4n) is 7.98. The minimum Gasteiger partial charge on any atom is -0.496 e. The van der Waals surface area contributed by atoms with Crippen LogP contribution in [0.5, 0.6) is 5.75 Å². The van der Waals surface area contributed by atoms with Crippen molar-refractivity contribution in [3.8, 4) is 11.8 Å². The summed E-state index contributed by atoms with van der Waals surface area (Å²) in [6.45, 7) is 14.4. The van der Waals surface area contributed by atoms with Gasteiger partial charge in [0.1, 0.15) is 16.9 Å². The molecule has 1 N–H and O–H groups in total. The van der Waals surface area contributed by atoms with Gasteiger partial charge in [0.15, 0.2) is 0 Å². The first-order valence-electron chi connectivity index (χ1n) is 15.9. The number of methoxy groups -OCH3 is 1. The molecular weight excluding hydrogens is 545 g/mol. The van der Waals surface area contributed by atoms with Crippen molar-refractivity contribution in [1.82, 2.24) is 10.2 Å². The van der Waals surface area contributed by atoms with Crippen LogP contribution in [0.1, 0.15) is 89.6 Å². The van der Waals surface area contributed by atoms with E-state index in [2.05, 4.69) is 37.1 Å². The fraction of sp³-hybridized carbons (Fsp3) is 0.727. The van der Waals surface area contributed by atoms with Gasteiger partial charge in [0.05, 0.1) is 37.4 Å². The molecule has 1 amide bonds. The molecule has 1 aromatic rings. The lowest BCUT2D eigenvalue weighted by Crippen LogP contribution is -2.65. The number of carbonyl (C=O) groups excluding carboxylic acids is 2. The number of rotatable bonds is 9. The maximum atomic E-state index is 13.5. The van der Waals surface area contributed by atoms with Crippen molar-refractivity contribution in [2.24, 2.45) is 23.2 Å². The third-order valence-corrected chi connectivity index (χ3v) is 10.5. The van der Waals surface area contributed by atoms with Gasteiger partial charge in [0.2, 0.25) is 5.91 Å². The van der Waals surface area contributed by atoms with Crippen LogP contribution in [-0.4, -0.2) is 73.9 Å². The van der Waals surface area contributed by atoms with Gasteiger partial charge in [-0.1, -0.05) is 26.0 Å². The number of ether oxygens (including phenoxy) is 2. The summed E-state index contributed by atoms with van der Waals surface area (Å²) < 4.78 is 24.9. The van der Waals surface area contributed by atoms with Crippen LogP contribution in [-0.2, 0) is 25.3 Å². The van der Waals surface area contributed by atoms with E-state index >= 15 is 0 Å². The molecule has 5 aliphatic rings. The molecule has 1 aromatic carbocycles. The molecule has 0 aromatic heterocycles. The number of benzene rings is 1. The second-order valence-corrected chi connectivity index (χ2v) is 14.8. The van der Waals surface area contributed by atoms with Crippen molar-refractivity contribution in [2.75, 3.05) is 26.7 Å². The molecule has 3 aliphatic carbocycles. The SMILES string of the molecule is COc1c(CC(NC(=O)CC2CCN(CC#N)CC2)B2OC3CC4CC(C4(C)C)C3(C)O2)cccc1C(=O)OC(C)(C)C. The molecule has 9 nitrogen and oxygen atoms in total. The molecule has 2 aliphatic heterocycles. The molecule has 0 radical (unpaired) electrons. The minimum atomic E-state index is -0.648. The molecule has 234 valence electrons. The summed E-state index contributed by atoms with van der Waals surface area (Å²) >= 11 is 0. The number of piperidine rings is 1. The van der Waals surface area contributed by atoms with Gasteiger partial charge in [-0.3, -0.25) is 9.69 Å². The summed E-state index contributed by atoms with van der Waals surface area (Å²) in [5.74, 6) is 0.741. The quantitative estimate of drug-likeness (QED) is 0.252. The molecule has 5 atom stereocenters. The lowest BCUT2D eigenvalue weighted by Gasteiger charge is -2.64. The average molecular weight is 594 g/mol.